The van der Waals surface area contributed by atoms with Crippen molar-refractivity contribution in [3.8, 4) is 0 Å². The molecule has 0 radical (unpaired) electrons. The highest BCUT2D eigenvalue weighted by atomic mass is 32.1. The molecule has 0 aliphatic heterocycles. The summed E-state index contributed by atoms with van der Waals surface area (Å²) in [7, 11) is 2.08. The molecular weight excluding hydrogens is 240 g/mol. The van der Waals surface area contributed by atoms with Gasteiger partial charge in [-0.2, -0.15) is 0 Å². The topological polar surface area (TPSA) is 24.9 Å². The average molecular weight is 266 g/mol. The quantitative estimate of drug-likeness (QED) is 0.901. The number of nitrogens with zero attached hydrogens (tertiary/aromatic N) is 1. The molecule has 1 aromatic rings. The molecule has 0 saturated heterocycles. The van der Waals surface area contributed by atoms with Gasteiger partial charge in [-0.25, -0.2) is 4.98 Å². The van der Waals surface area contributed by atoms with Gasteiger partial charge in [0.2, 0.25) is 0 Å². The molecule has 0 bridgehead atoms. The number of hydrogen-bond acceptors (Lipinski definition) is 3. The van der Waals surface area contributed by atoms with Crippen molar-refractivity contribution >= 4 is 11.3 Å². The summed E-state index contributed by atoms with van der Waals surface area (Å²) >= 11 is 1.84. The van der Waals surface area contributed by atoms with Gasteiger partial charge >= 0.3 is 0 Å². The molecule has 102 valence electrons. The predicted octanol–water partition coefficient (Wildman–Crippen LogP) is 3.76. The first-order chi connectivity index (χ1) is 8.32. The largest absolute Gasteiger partial charge is 0.317 e. The van der Waals surface area contributed by atoms with Crippen molar-refractivity contribution in [3.63, 3.8) is 0 Å². The minimum absolute atomic E-state index is 0.179. The summed E-state index contributed by atoms with van der Waals surface area (Å²) in [4.78, 5) is 4.84. The number of thiazole rings is 1. The average Bonchev–Trinajstić information content (AvgIpc) is 2.85. The molecule has 1 aliphatic carbocycles. The highest BCUT2D eigenvalue weighted by Crippen LogP contribution is 2.41. The number of rotatable bonds is 3. The van der Waals surface area contributed by atoms with Gasteiger partial charge in [0.25, 0.3) is 0 Å². The van der Waals surface area contributed by atoms with Gasteiger partial charge in [-0.05, 0) is 31.7 Å². The van der Waals surface area contributed by atoms with Crippen LogP contribution in [0.4, 0.5) is 0 Å². The molecule has 2 rings (SSSR count). The molecule has 2 atom stereocenters. The van der Waals surface area contributed by atoms with E-state index in [-0.39, 0.29) is 5.41 Å². The maximum Gasteiger partial charge on any atom is 0.0933 e. The van der Waals surface area contributed by atoms with Gasteiger partial charge in [-0.1, -0.05) is 27.7 Å². The lowest BCUT2D eigenvalue weighted by atomic mass is 9.85. The Morgan fingerprint density at radius 1 is 1.50 bits per heavy atom. The molecule has 1 fully saturated rings. The molecule has 1 aliphatic rings. The Morgan fingerprint density at radius 3 is 2.72 bits per heavy atom. The predicted molar refractivity (Wildman–Crippen MR) is 79.3 cm³/mol. The Bertz CT molecular complexity index is 405. The SMILES string of the molecule is CNC1CCC(C)(Cc2nc(C(C)(C)C)cs2)C1. The van der Waals surface area contributed by atoms with Crippen molar-refractivity contribution in [2.24, 2.45) is 5.41 Å². The van der Waals surface area contributed by atoms with E-state index in [0.717, 1.165) is 6.42 Å². The first kappa shape index (κ1) is 14.0. The molecule has 1 saturated carbocycles. The van der Waals surface area contributed by atoms with Gasteiger partial charge in [0.1, 0.15) is 0 Å². The maximum atomic E-state index is 4.84. The Balaban J connectivity index is 2.04. The van der Waals surface area contributed by atoms with Gasteiger partial charge < -0.3 is 5.32 Å². The van der Waals surface area contributed by atoms with Crippen LogP contribution in [0, 0.1) is 5.41 Å². The second kappa shape index (κ2) is 4.93. The van der Waals surface area contributed by atoms with Gasteiger partial charge in [0.15, 0.2) is 0 Å². The van der Waals surface area contributed by atoms with E-state index < -0.39 is 0 Å². The Morgan fingerprint density at radius 2 is 2.22 bits per heavy atom. The second-order valence-electron chi connectivity index (χ2n) is 7.09. The van der Waals surface area contributed by atoms with E-state index in [9.17, 15) is 0 Å². The molecule has 0 aromatic carbocycles. The van der Waals surface area contributed by atoms with Crippen LogP contribution in [0.15, 0.2) is 5.38 Å². The van der Waals surface area contributed by atoms with Crippen molar-refractivity contribution in [1.82, 2.24) is 10.3 Å². The fourth-order valence-corrected chi connectivity index (χ4v) is 4.07. The van der Waals surface area contributed by atoms with Crippen molar-refractivity contribution < 1.29 is 0 Å². The van der Waals surface area contributed by atoms with Crippen LogP contribution in [-0.2, 0) is 11.8 Å². The zero-order valence-corrected chi connectivity index (χ0v) is 13.2. The number of hydrogen-bond donors (Lipinski definition) is 1. The minimum atomic E-state index is 0.179. The smallest absolute Gasteiger partial charge is 0.0933 e. The maximum absolute atomic E-state index is 4.84. The minimum Gasteiger partial charge on any atom is -0.317 e. The molecule has 3 heteroatoms. The van der Waals surface area contributed by atoms with Crippen LogP contribution >= 0.6 is 11.3 Å². The highest BCUT2D eigenvalue weighted by Gasteiger charge is 2.35. The summed E-state index contributed by atoms with van der Waals surface area (Å²) in [5.74, 6) is 0. The summed E-state index contributed by atoms with van der Waals surface area (Å²) < 4.78 is 0. The van der Waals surface area contributed by atoms with E-state index in [1.54, 1.807) is 0 Å². The lowest BCUT2D eigenvalue weighted by Gasteiger charge is -2.23. The Hall–Kier alpha value is -0.410. The fourth-order valence-electron chi connectivity index (χ4n) is 2.83. The molecule has 0 amide bonds. The molecule has 1 N–H and O–H groups in total. The van der Waals surface area contributed by atoms with Gasteiger partial charge in [-0.3, -0.25) is 0 Å². The van der Waals surface area contributed by atoms with Gasteiger partial charge in [0.05, 0.1) is 10.7 Å². The van der Waals surface area contributed by atoms with Crippen LogP contribution in [0.25, 0.3) is 0 Å². The molecule has 1 aromatic heterocycles. The zero-order valence-electron chi connectivity index (χ0n) is 12.3. The van der Waals surface area contributed by atoms with Crippen LogP contribution in [0.1, 0.15) is 57.7 Å². The summed E-state index contributed by atoms with van der Waals surface area (Å²) in [5, 5.41) is 6.98. The fraction of sp³-hybridized carbons (Fsp3) is 0.800. The molecule has 2 nitrogen and oxygen atoms in total. The van der Waals surface area contributed by atoms with E-state index in [1.807, 2.05) is 11.3 Å². The van der Waals surface area contributed by atoms with Gasteiger partial charge in [0, 0.05) is 23.3 Å². The van der Waals surface area contributed by atoms with Crippen LogP contribution in [0.3, 0.4) is 0 Å². The second-order valence-corrected chi connectivity index (χ2v) is 8.03. The molecular formula is C15H26N2S. The van der Waals surface area contributed by atoms with E-state index in [4.69, 9.17) is 4.98 Å². The lowest BCUT2D eigenvalue weighted by molar-refractivity contribution is 0.323. The zero-order chi connectivity index (χ0) is 13.4. The van der Waals surface area contributed by atoms with Crippen LogP contribution in [-0.4, -0.2) is 18.1 Å². The third-order valence-electron chi connectivity index (χ3n) is 4.14. The van der Waals surface area contributed by atoms with Gasteiger partial charge in [-0.15, -0.1) is 11.3 Å². The molecule has 2 unspecified atom stereocenters. The molecule has 18 heavy (non-hydrogen) atoms. The summed E-state index contributed by atoms with van der Waals surface area (Å²) in [6, 6.07) is 0.706. The third-order valence-corrected chi connectivity index (χ3v) is 4.99. The van der Waals surface area contributed by atoms with E-state index in [2.05, 4.69) is 45.4 Å². The third kappa shape index (κ3) is 3.12. The van der Waals surface area contributed by atoms with Crippen LogP contribution in [0.5, 0.6) is 0 Å². The van der Waals surface area contributed by atoms with Crippen LogP contribution in [0.2, 0.25) is 0 Å². The van der Waals surface area contributed by atoms with E-state index in [1.165, 1.54) is 30.0 Å². The summed E-state index contributed by atoms with van der Waals surface area (Å²) in [6.07, 6.45) is 5.06. The van der Waals surface area contributed by atoms with E-state index >= 15 is 0 Å². The van der Waals surface area contributed by atoms with Crippen LogP contribution < -0.4 is 5.32 Å². The Kier molecular flexibility index (Phi) is 3.84. The highest BCUT2D eigenvalue weighted by molar-refractivity contribution is 7.09. The standard InChI is InChI=1S/C15H26N2S/c1-14(2,3)12-10-18-13(17-12)9-15(4)7-6-11(8-15)16-5/h10-11,16H,6-9H2,1-5H3. The first-order valence-corrected chi connectivity index (χ1v) is 7.82. The number of nitrogens with one attached hydrogen (secondary N) is 1. The van der Waals surface area contributed by atoms with Crippen molar-refractivity contribution in [2.75, 3.05) is 7.05 Å². The summed E-state index contributed by atoms with van der Waals surface area (Å²) in [6.45, 7) is 9.13. The van der Waals surface area contributed by atoms with Crippen molar-refractivity contribution in [1.29, 1.82) is 0 Å². The lowest BCUT2D eigenvalue weighted by Crippen LogP contribution is -2.24. The number of aromatic nitrogens is 1. The molecule has 0 spiro atoms. The Labute approximate surface area is 115 Å². The molecule has 1 heterocycles. The summed E-state index contributed by atoms with van der Waals surface area (Å²) in [5.41, 5.74) is 1.87. The van der Waals surface area contributed by atoms with Crippen molar-refractivity contribution in [3.05, 3.63) is 16.1 Å². The van der Waals surface area contributed by atoms with E-state index in [0.29, 0.717) is 11.5 Å². The van der Waals surface area contributed by atoms with Crippen molar-refractivity contribution in [2.45, 2.75) is 64.8 Å². The normalized spacial score (nSPS) is 28.8. The monoisotopic (exact) mass is 266 g/mol. The first-order valence-electron chi connectivity index (χ1n) is 6.95.